The van der Waals surface area contributed by atoms with Gasteiger partial charge in [0, 0.05) is 18.6 Å². The van der Waals surface area contributed by atoms with Crippen molar-refractivity contribution in [2.45, 2.75) is 44.1 Å². The van der Waals surface area contributed by atoms with Crippen LogP contribution in [0.3, 0.4) is 0 Å². The van der Waals surface area contributed by atoms with Crippen LogP contribution in [0, 0.1) is 11.3 Å². The third kappa shape index (κ3) is 3.50. The minimum atomic E-state index is -4.43. The van der Waals surface area contributed by atoms with E-state index in [1.165, 1.54) is 11.6 Å². The first-order valence-corrected chi connectivity index (χ1v) is 9.08. The van der Waals surface area contributed by atoms with Gasteiger partial charge in [0.05, 0.1) is 17.2 Å². The van der Waals surface area contributed by atoms with Gasteiger partial charge in [0.15, 0.2) is 0 Å². The number of hydrogen-bond donors (Lipinski definition) is 0. The molecule has 2 aliphatic rings. The number of alkyl halides is 3. The maximum atomic E-state index is 12.9. The summed E-state index contributed by atoms with van der Waals surface area (Å²) in [5.74, 6) is 0. The van der Waals surface area contributed by atoms with Crippen LogP contribution in [-0.4, -0.2) is 17.0 Å². The second-order valence-electron chi connectivity index (χ2n) is 7.22. The molecule has 0 N–H and O–H groups in total. The maximum Gasteiger partial charge on any atom is 0.416 e. The van der Waals surface area contributed by atoms with Crippen LogP contribution in [0.4, 0.5) is 13.2 Å². The average molecular weight is 368 g/mol. The lowest BCUT2D eigenvalue weighted by Crippen LogP contribution is -2.37. The molecule has 1 fully saturated rings. The lowest BCUT2D eigenvalue weighted by Gasteiger charge is -2.34. The lowest BCUT2D eigenvalue weighted by molar-refractivity contribution is -0.137. The van der Waals surface area contributed by atoms with Gasteiger partial charge in [-0.2, -0.15) is 18.4 Å². The minimum absolute atomic E-state index is 0.104. The van der Waals surface area contributed by atoms with Crippen molar-refractivity contribution in [2.75, 3.05) is 0 Å². The molecule has 138 valence electrons. The molecule has 2 nitrogen and oxygen atoms in total. The fraction of sp³-hybridized carbons (Fsp3) is 0.318. The molecule has 4 rings (SSSR count). The molecule has 2 aromatic rings. The molecule has 2 bridgehead atoms. The zero-order valence-electron chi connectivity index (χ0n) is 14.7. The SMILES string of the molecule is N#Cc1cc(C(F)(F)F)ccc1C1=CC2CCC(C1)N2Cc1ccccc1. The zero-order chi connectivity index (χ0) is 19.0. The lowest BCUT2D eigenvalue weighted by atomic mass is 9.90. The van der Waals surface area contributed by atoms with E-state index in [9.17, 15) is 18.4 Å². The van der Waals surface area contributed by atoms with Gasteiger partial charge in [-0.1, -0.05) is 42.5 Å². The third-order valence-corrected chi connectivity index (χ3v) is 5.56. The van der Waals surface area contributed by atoms with E-state index in [-0.39, 0.29) is 11.6 Å². The van der Waals surface area contributed by atoms with Crippen molar-refractivity contribution in [3.8, 4) is 6.07 Å². The summed E-state index contributed by atoms with van der Waals surface area (Å²) < 4.78 is 38.8. The Bertz CT molecular complexity index is 909. The highest BCUT2D eigenvalue weighted by Crippen LogP contribution is 2.41. The maximum absolute atomic E-state index is 12.9. The Morgan fingerprint density at radius 1 is 1.07 bits per heavy atom. The van der Waals surface area contributed by atoms with Gasteiger partial charge in [-0.05, 0) is 48.1 Å². The fourth-order valence-electron chi connectivity index (χ4n) is 4.25. The molecule has 27 heavy (non-hydrogen) atoms. The number of nitriles is 1. The quantitative estimate of drug-likeness (QED) is 0.726. The van der Waals surface area contributed by atoms with E-state index in [1.54, 1.807) is 0 Å². The Labute approximate surface area is 156 Å². The Morgan fingerprint density at radius 3 is 2.52 bits per heavy atom. The van der Waals surface area contributed by atoms with Crippen LogP contribution in [-0.2, 0) is 12.7 Å². The summed E-state index contributed by atoms with van der Waals surface area (Å²) in [6.45, 7) is 0.873. The van der Waals surface area contributed by atoms with Gasteiger partial charge in [-0.25, -0.2) is 0 Å². The Morgan fingerprint density at radius 2 is 1.85 bits per heavy atom. The summed E-state index contributed by atoms with van der Waals surface area (Å²) in [5, 5.41) is 9.38. The number of rotatable bonds is 3. The van der Waals surface area contributed by atoms with E-state index in [1.807, 2.05) is 24.3 Å². The Balaban J connectivity index is 1.62. The molecular weight excluding hydrogens is 349 g/mol. The molecule has 1 saturated heterocycles. The van der Waals surface area contributed by atoms with Gasteiger partial charge >= 0.3 is 6.18 Å². The number of benzene rings is 2. The molecule has 2 atom stereocenters. The van der Waals surface area contributed by atoms with E-state index in [4.69, 9.17) is 0 Å². The van der Waals surface area contributed by atoms with Crippen LogP contribution in [0.15, 0.2) is 54.6 Å². The summed E-state index contributed by atoms with van der Waals surface area (Å²) in [6.07, 6.45) is 0.597. The average Bonchev–Trinajstić information content (AvgIpc) is 2.89. The predicted molar refractivity (Wildman–Crippen MR) is 97.5 cm³/mol. The summed E-state index contributed by atoms with van der Waals surface area (Å²) in [4.78, 5) is 2.47. The van der Waals surface area contributed by atoms with Crippen molar-refractivity contribution in [3.05, 3.63) is 76.9 Å². The first-order chi connectivity index (χ1) is 13.0. The van der Waals surface area contributed by atoms with E-state index >= 15 is 0 Å². The van der Waals surface area contributed by atoms with Gasteiger partial charge < -0.3 is 0 Å². The van der Waals surface area contributed by atoms with Crippen molar-refractivity contribution in [2.24, 2.45) is 0 Å². The van der Waals surface area contributed by atoms with Crippen molar-refractivity contribution >= 4 is 5.57 Å². The zero-order valence-corrected chi connectivity index (χ0v) is 14.7. The van der Waals surface area contributed by atoms with Crippen molar-refractivity contribution in [1.82, 2.24) is 4.90 Å². The first kappa shape index (κ1) is 17.8. The molecule has 5 heteroatoms. The summed E-state index contributed by atoms with van der Waals surface area (Å²) in [5.41, 5.74) is 2.23. The van der Waals surface area contributed by atoms with Crippen LogP contribution in [0.25, 0.3) is 5.57 Å². The largest absolute Gasteiger partial charge is 0.416 e. The molecule has 0 saturated carbocycles. The van der Waals surface area contributed by atoms with Crippen molar-refractivity contribution in [1.29, 1.82) is 5.26 Å². The van der Waals surface area contributed by atoms with Crippen LogP contribution in [0.2, 0.25) is 0 Å². The molecule has 2 aromatic carbocycles. The first-order valence-electron chi connectivity index (χ1n) is 9.08. The molecule has 2 heterocycles. The fourth-order valence-corrected chi connectivity index (χ4v) is 4.25. The standard InChI is InChI=1S/C22H19F3N2/c23-22(24,25)18-6-9-21(17(10-18)13-26)16-11-19-7-8-20(12-16)27(19)14-15-4-2-1-3-5-15/h1-6,9-11,19-20H,7-8,12,14H2. The van der Waals surface area contributed by atoms with Crippen molar-refractivity contribution < 1.29 is 13.2 Å². The van der Waals surface area contributed by atoms with Crippen molar-refractivity contribution in [3.63, 3.8) is 0 Å². The van der Waals surface area contributed by atoms with E-state index < -0.39 is 11.7 Å². The number of fused-ring (bicyclic) bond motifs is 2. The molecule has 0 spiro atoms. The molecule has 0 radical (unpaired) electrons. The number of halogens is 3. The summed E-state index contributed by atoms with van der Waals surface area (Å²) >= 11 is 0. The van der Waals surface area contributed by atoms with Crippen LogP contribution >= 0.6 is 0 Å². The van der Waals surface area contributed by atoms with Gasteiger partial charge in [-0.15, -0.1) is 0 Å². The molecular formula is C22H19F3N2. The van der Waals surface area contributed by atoms with E-state index in [0.717, 1.165) is 43.5 Å². The predicted octanol–water partition coefficient (Wildman–Crippen LogP) is 5.40. The molecule has 2 aliphatic heterocycles. The second-order valence-corrected chi connectivity index (χ2v) is 7.22. The van der Waals surface area contributed by atoms with Gasteiger partial charge in [0.2, 0.25) is 0 Å². The van der Waals surface area contributed by atoms with Crippen LogP contribution in [0.1, 0.15) is 41.5 Å². The highest BCUT2D eigenvalue weighted by molar-refractivity contribution is 5.73. The summed E-state index contributed by atoms with van der Waals surface area (Å²) in [7, 11) is 0. The molecule has 0 amide bonds. The van der Waals surface area contributed by atoms with Crippen LogP contribution in [0.5, 0.6) is 0 Å². The molecule has 2 unspecified atom stereocenters. The smallest absolute Gasteiger partial charge is 0.289 e. The molecule has 0 aromatic heterocycles. The van der Waals surface area contributed by atoms with E-state index in [0.29, 0.717) is 11.6 Å². The highest BCUT2D eigenvalue weighted by atomic mass is 19.4. The molecule has 0 aliphatic carbocycles. The topological polar surface area (TPSA) is 27.0 Å². The van der Waals surface area contributed by atoms with Gasteiger partial charge in [0.1, 0.15) is 0 Å². The van der Waals surface area contributed by atoms with Crippen LogP contribution < -0.4 is 0 Å². The highest BCUT2D eigenvalue weighted by Gasteiger charge is 2.37. The normalized spacial score (nSPS) is 22.4. The Kier molecular flexibility index (Phi) is 4.53. The van der Waals surface area contributed by atoms with Gasteiger partial charge in [-0.3, -0.25) is 4.90 Å². The number of hydrogen-bond acceptors (Lipinski definition) is 2. The minimum Gasteiger partial charge on any atom is -0.289 e. The van der Waals surface area contributed by atoms with Gasteiger partial charge in [0.25, 0.3) is 0 Å². The number of nitrogens with zero attached hydrogens (tertiary/aromatic N) is 2. The summed E-state index contributed by atoms with van der Waals surface area (Å²) in [6, 6.07) is 16.4. The second kappa shape index (κ2) is 6.86. The van der Waals surface area contributed by atoms with E-state index in [2.05, 4.69) is 23.1 Å². The Hall–Kier alpha value is -2.58. The third-order valence-electron chi connectivity index (χ3n) is 5.56. The monoisotopic (exact) mass is 368 g/mol.